The highest BCUT2D eigenvalue weighted by Crippen LogP contribution is 2.20. The molecule has 148 valence electrons. The van der Waals surface area contributed by atoms with Crippen molar-refractivity contribution < 1.29 is 19.4 Å². The lowest BCUT2D eigenvalue weighted by Crippen LogP contribution is -2.09. The highest BCUT2D eigenvalue weighted by atomic mass is 32.2. The van der Waals surface area contributed by atoms with Gasteiger partial charge in [-0.15, -0.1) is 11.8 Å². The summed E-state index contributed by atoms with van der Waals surface area (Å²) in [7, 11) is 1.58. The summed E-state index contributed by atoms with van der Waals surface area (Å²) in [4.78, 5) is 24.5. The first-order valence-corrected chi connectivity index (χ1v) is 10.0. The number of carboxylic acid groups (broad SMARTS) is 1. The van der Waals surface area contributed by atoms with Crippen LogP contribution >= 0.6 is 11.8 Å². The van der Waals surface area contributed by atoms with Gasteiger partial charge in [0.05, 0.1) is 18.6 Å². The summed E-state index contributed by atoms with van der Waals surface area (Å²) < 4.78 is 7.09. The van der Waals surface area contributed by atoms with Crippen molar-refractivity contribution in [3.8, 4) is 5.75 Å². The van der Waals surface area contributed by atoms with Gasteiger partial charge in [0, 0.05) is 23.2 Å². The molecule has 1 heterocycles. The molecule has 0 spiro atoms. The topological polar surface area (TPSA) is 68.5 Å². The summed E-state index contributed by atoms with van der Waals surface area (Å²) in [6, 6.07) is 18.5. The molecule has 2 aromatic carbocycles. The summed E-state index contributed by atoms with van der Waals surface area (Å²) >= 11 is 1.29. The molecule has 0 unspecified atom stereocenters. The van der Waals surface area contributed by atoms with Gasteiger partial charge in [0.2, 0.25) is 5.78 Å². The number of carbonyl (C=O) groups excluding carboxylic acids is 1. The van der Waals surface area contributed by atoms with Gasteiger partial charge in [-0.3, -0.25) is 9.59 Å². The highest BCUT2D eigenvalue weighted by Gasteiger charge is 2.13. The van der Waals surface area contributed by atoms with Gasteiger partial charge in [-0.25, -0.2) is 0 Å². The number of hydrogen-bond acceptors (Lipinski definition) is 4. The van der Waals surface area contributed by atoms with Crippen LogP contribution in [-0.2, 0) is 11.3 Å². The van der Waals surface area contributed by atoms with Crippen LogP contribution in [0.15, 0.2) is 77.8 Å². The van der Waals surface area contributed by atoms with Crippen LogP contribution in [0.4, 0.5) is 0 Å². The Morgan fingerprint density at radius 1 is 1.10 bits per heavy atom. The summed E-state index contributed by atoms with van der Waals surface area (Å²) in [5, 5.41) is 8.80. The Morgan fingerprint density at radius 2 is 1.93 bits per heavy atom. The quantitative estimate of drug-likeness (QED) is 0.414. The minimum absolute atomic E-state index is 0.0340. The van der Waals surface area contributed by atoms with E-state index in [1.807, 2.05) is 53.2 Å². The van der Waals surface area contributed by atoms with Gasteiger partial charge in [-0.05, 0) is 42.0 Å². The number of allylic oxidation sites excluding steroid dienone is 1. The molecule has 0 saturated heterocycles. The summed E-state index contributed by atoms with van der Waals surface area (Å²) in [6.45, 7) is 0.546. The monoisotopic (exact) mass is 407 g/mol. The Hall–Kier alpha value is -3.25. The molecule has 0 bridgehead atoms. The number of nitrogens with zero attached hydrogens (tertiary/aromatic N) is 1. The Labute approximate surface area is 173 Å². The second kappa shape index (κ2) is 9.80. The number of methoxy groups -OCH3 is 1. The van der Waals surface area contributed by atoms with E-state index < -0.39 is 5.97 Å². The van der Waals surface area contributed by atoms with E-state index >= 15 is 0 Å². The number of rotatable bonds is 9. The van der Waals surface area contributed by atoms with Gasteiger partial charge in [-0.2, -0.15) is 0 Å². The summed E-state index contributed by atoms with van der Waals surface area (Å²) in [6.07, 6.45) is 5.81. The van der Waals surface area contributed by atoms with Gasteiger partial charge in [-0.1, -0.05) is 36.4 Å². The third-order valence-corrected chi connectivity index (χ3v) is 5.21. The molecule has 0 aliphatic carbocycles. The first-order valence-electron chi connectivity index (χ1n) is 9.02. The van der Waals surface area contributed by atoms with Crippen molar-refractivity contribution in [3.63, 3.8) is 0 Å². The zero-order chi connectivity index (χ0) is 20.6. The van der Waals surface area contributed by atoms with Gasteiger partial charge in [0.15, 0.2) is 0 Å². The number of thioether (sulfide) groups is 1. The predicted octanol–water partition coefficient (Wildman–Crippen LogP) is 4.62. The fraction of sp³-hybridized carbons (Fsp3) is 0.130. The Kier molecular flexibility index (Phi) is 6.92. The van der Waals surface area contributed by atoms with Crippen molar-refractivity contribution in [2.45, 2.75) is 11.4 Å². The second-order valence-electron chi connectivity index (χ2n) is 6.26. The van der Waals surface area contributed by atoms with E-state index in [2.05, 4.69) is 0 Å². The molecule has 3 aromatic rings. The molecule has 1 aromatic heterocycles. The molecule has 5 nitrogen and oxygen atoms in total. The van der Waals surface area contributed by atoms with Crippen molar-refractivity contribution in [2.24, 2.45) is 0 Å². The van der Waals surface area contributed by atoms with Gasteiger partial charge < -0.3 is 14.4 Å². The van der Waals surface area contributed by atoms with E-state index in [0.717, 1.165) is 10.5 Å². The number of benzene rings is 2. The van der Waals surface area contributed by atoms with Crippen LogP contribution in [0.2, 0.25) is 0 Å². The van der Waals surface area contributed by atoms with E-state index in [9.17, 15) is 9.59 Å². The number of aromatic nitrogens is 1. The minimum Gasteiger partial charge on any atom is -0.497 e. The third kappa shape index (κ3) is 5.62. The zero-order valence-electron chi connectivity index (χ0n) is 15.9. The molecular weight excluding hydrogens is 386 g/mol. The molecule has 3 rings (SSSR count). The van der Waals surface area contributed by atoms with Gasteiger partial charge >= 0.3 is 5.97 Å². The predicted molar refractivity (Wildman–Crippen MR) is 115 cm³/mol. The number of carboxylic acids is 1. The number of aliphatic carboxylic acids is 1. The smallest absolute Gasteiger partial charge is 0.313 e. The largest absolute Gasteiger partial charge is 0.497 e. The molecule has 0 radical (unpaired) electrons. The molecule has 1 N–H and O–H groups in total. The second-order valence-corrected chi connectivity index (χ2v) is 7.31. The van der Waals surface area contributed by atoms with Crippen LogP contribution in [-0.4, -0.2) is 34.3 Å². The van der Waals surface area contributed by atoms with Crippen LogP contribution in [0.25, 0.3) is 6.08 Å². The molecule has 0 atom stereocenters. The van der Waals surface area contributed by atoms with Crippen LogP contribution in [0.5, 0.6) is 5.75 Å². The average Bonchev–Trinajstić information content (AvgIpc) is 3.20. The van der Waals surface area contributed by atoms with E-state index in [4.69, 9.17) is 9.84 Å². The van der Waals surface area contributed by atoms with Crippen molar-refractivity contribution in [1.29, 1.82) is 0 Å². The maximum Gasteiger partial charge on any atom is 0.313 e. The number of ketones is 1. The minimum atomic E-state index is -0.836. The van der Waals surface area contributed by atoms with Crippen LogP contribution < -0.4 is 4.74 Å². The zero-order valence-corrected chi connectivity index (χ0v) is 16.8. The van der Waals surface area contributed by atoms with E-state index in [1.54, 1.807) is 37.4 Å². The van der Waals surface area contributed by atoms with E-state index in [0.29, 0.717) is 23.6 Å². The standard InChI is InChI=1S/C23H21NO4S/c1-28-19-9-3-8-18(15-19)23(27)21-11-5-13-24(21)12-4-7-17-6-2-10-20(14-17)29-16-22(25)26/h2-11,13-15H,12,16H2,1H3,(H,25,26). The van der Waals surface area contributed by atoms with Crippen LogP contribution in [0, 0.1) is 0 Å². The molecular formula is C23H21NO4S. The van der Waals surface area contributed by atoms with Crippen molar-refractivity contribution in [1.82, 2.24) is 4.57 Å². The van der Waals surface area contributed by atoms with Crippen LogP contribution in [0.3, 0.4) is 0 Å². The number of ether oxygens (including phenoxy) is 1. The van der Waals surface area contributed by atoms with Crippen molar-refractivity contribution in [2.75, 3.05) is 12.9 Å². The van der Waals surface area contributed by atoms with Crippen molar-refractivity contribution in [3.05, 3.63) is 89.8 Å². The Balaban J connectivity index is 1.69. The molecule has 0 fully saturated rings. The fourth-order valence-corrected chi connectivity index (χ4v) is 3.53. The van der Waals surface area contributed by atoms with Gasteiger partial charge in [0.1, 0.15) is 5.75 Å². The lowest BCUT2D eigenvalue weighted by molar-refractivity contribution is -0.133. The number of carbonyl (C=O) groups is 2. The van der Waals surface area contributed by atoms with E-state index in [1.165, 1.54) is 11.8 Å². The Bertz CT molecular complexity index is 1040. The average molecular weight is 407 g/mol. The molecule has 0 aliphatic heterocycles. The van der Waals surface area contributed by atoms with Crippen LogP contribution in [0.1, 0.15) is 21.6 Å². The normalized spacial score (nSPS) is 10.9. The maximum absolute atomic E-state index is 12.8. The van der Waals surface area contributed by atoms with Gasteiger partial charge in [0.25, 0.3) is 0 Å². The maximum atomic E-state index is 12.8. The molecule has 0 amide bonds. The third-order valence-electron chi connectivity index (χ3n) is 4.23. The lowest BCUT2D eigenvalue weighted by atomic mass is 10.1. The lowest BCUT2D eigenvalue weighted by Gasteiger charge is -2.07. The SMILES string of the molecule is COc1cccc(C(=O)c2cccn2CC=Cc2cccc(SCC(=O)O)c2)c1. The fourth-order valence-electron chi connectivity index (χ4n) is 2.85. The highest BCUT2D eigenvalue weighted by molar-refractivity contribution is 8.00. The Morgan fingerprint density at radius 3 is 2.72 bits per heavy atom. The molecule has 6 heteroatoms. The van der Waals surface area contributed by atoms with E-state index in [-0.39, 0.29) is 11.5 Å². The number of hydrogen-bond donors (Lipinski definition) is 1. The first-order chi connectivity index (χ1) is 14.1. The summed E-state index contributed by atoms with van der Waals surface area (Å²) in [5.41, 5.74) is 2.17. The first kappa shape index (κ1) is 20.5. The van der Waals surface area contributed by atoms with Crippen molar-refractivity contribution >= 4 is 29.6 Å². The summed E-state index contributed by atoms with van der Waals surface area (Å²) in [5.74, 6) is -0.215. The molecule has 29 heavy (non-hydrogen) atoms. The molecule has 0 saturated carbocycles. The molecule has 0 aliphatic rings.